The van der Waals surface area contributed by atoms with E-state index in [-0.39, 0.29) is 11.5 Å². The highest BCUT2D eigenvalue weighted by Gasteiger charge is 2.14. The van der Waals surface area contributed by atoms with E-state index in [0.717, 1.165) is 0 Å². The van der Waals surface area contributed by atoms with Gasteiger partial charge in [0.2, 0.25) is 0 Å². The maximum absolute atomic E-state index is 12.6. The third-order valence-corrected chi connectivity index (χ3v) is 3.79. The number of hydrogen-bond acceptors (Lipinski definition) is 2. The summed E-state index contributed by atoms with van der Waals surface area (Å²) in [6, 6.07) is 14.1. The molecule has 4 nitrogen and oxygen atoms in total. The molecule has 0 aliphatic carbocycles. The fraction of sp³-hybridized carbons (Fsp3) is 0.0588. The Labute approximate surface area is 132 Å². The lowest BCUT2D eigenvalue weighted by Crippen LogP contribution is -2.21. The summed E-state index contributed by atoms with van der Waals surface area (Å²) in [6.07, 6.45) is 1.54. The Hall–Kier alpha value is -2.59. The van der Waals surface area contributed by atoms with Crippen LogP contribution in [0.4, 0.5) is 5.69 Å². The average molecular weight is 313 g/mol. The Kier molecular flexibility index (Phi) is 3.69. The predicted molar refractivity (Wildman–Crippen MR) is 88.6 cm³/mol. The summed E-state index contributed by atoms with van der Waals surface area (Å²) < 4.78 is 1.41. The quantitative estimate of drug-likeness (QED) is 0.788. The van der Waals surface area contributed by atoms with Crippen molar-refractivity contribution in [1.82, 2.24) is 4.57 Å². The van der Waals surface area contributed by atoms with E-state index in [1.807, 2.05) is 0 Å². The number of halogens is 1. The van der Waals surface area contributed by atoms with Crippen LogP contribution in [0.1, 0.15) is 10.4 Å². The number of rotatable bonds is 2. The standard InChI is InChI=1S/C17H13ClN2O2/c1-20-10-13(11-6-2-3-7-12(11)17(20)22)16(21)19-15-9-5-4-8-14(15)18/h2-10H,1H3,(H,19,21). The molecule has 0 aliphatic rings. The average Bonchev–Trinajstić information content (AvgIpc) is 2.53. The van der Waals surface area contributed by atoms with E-state index in [1.165, 1.54) is 10.8 Å². The molecule has 3 rings (SSSR count). The van der Waals surface area contributed by atoms with Crippen molar-refractivity contribution < 1.29 is 4.79 Å². The van der Waals surface area contributed by atoms with E-state index in [4.69, 9.17) is 11.6 Å². The van der Waals surface area contributed by atoms with Gasteiger partial charge in [-0.3, -0.25) is 9.59 Å². The van der Waals surface area contributed by atoms with Gasteiger partial charge in [-0.1, -0.05) is 41.9 Å². The van der Waals surface area contributed by atoms with Gasteiger partial charge in [0.05, 0.1) is 16.3 Å². The minimum Gasteiger partial charge on any atom is -0.321 e. The Balaban J connectivity index is 2.11. The maximum Gasteiger partial charge on any atom is 0.258 e. The molecular formula is C17H13ClN2O2. The molecule has 1 aromatic heterocycles. The van der Waals surface area contributed by atoms with Crippen LogP contribution in [0.5, 0.6) is 0 Å². The molecule has 0 fully saturated rings. The van der Waals surface area contributed by atoms with Crippen molar-refractivity contribution in [2.75, 3.05) is 5.32 Å². The van der Waals surface area contributed by atoms with Gasteiger partial charge in [-0.25, -0.2) is 0 Å². The second kappa shape index (κ2) is 5.66. The SMILES string of the molecule is Cn1cc(C(=O)Nc2ccccc2Cl)c2ccccc2c1=O. The lowest BCUT2D eigenvalue weighted by atomic mass is 10.1. The van der Waals surface area contributed by atoms with Crippen LogP contribution in [0.15, 0.2) is 59.5 Å². The fourth-order valence-corrected chi connectivity index (χ4v) is 2.53. The van der Waals surface area contributed by atoms with E-state index in [1.54, 1.807) is 55.6 Å². The summed E-state index contributed by atoms with van der Waals surface area (Å²) in [5.41, 5.74) is 0.828. The van der Waals surface area contributed by atoms with E-state index in [2.05, 4.69) is 5.32 Å². The van der Waals surface area contributed by atoms with Gasteiger partial charge in [0.1, 0.15) is 0 Å². The molecular weight excluding hydrogens is 300 g/mol. The number of pyridine rings is 1. The highest BCUT2D eigenvalue weighted by Crippen LogP contribution is 2.22. The van der Waals surface area contributed by atoms with Crippen LogP contribution < -0.4 is 10.9 Å². The Morgan fingerprint density at radius 2 is 1.68 bits per heavy atom. The Morgan fingerprint density at radius 1 is 1.05 bits per heavy atom. The van der Waals surface area contributed by atoms with E-state index >= 15 is 0 Å². The van der Waals surface area contributed by atoms with Crippen molar-refractivity contribution in [3.8, 4) is 0 Å². The number of aromatic nitrogens is 1. The van der Waals surface area contributed by atoms with Crippen LogP contribution in [0.25, 0.3) is 10.8 Å². The molecule has 110 valence electrons. The van der Waals surface area contributed by atoms with Gasteiger partial charge in [-0.05, 0) is 18.2 Å². The smallest absolute Gasteiger partial charge is 0.258 e. The first-order valence-electron chi connectivity index (χ1n) is 6.72. The second-order valence-corrected chi connectivity index (χ2v) is 5.35. The number of hydrogen-bond donors (Lipinski definition) is 1. The van der Waals surface area contributed by atoms with Crippen molar-refractivity contribution in [2.45, 2.75) is 0 Å². The monoisotopic (exact) mass is 312 g/mol. The van der Waals surface area contributed by atoms with Crippen LogP contribution in [0.2, 0.25) is 5.02 Å². The minimum atomic E-state index is -0.306. The summed E-state index contributed by atoms with van der Waals surface area (Å²) in [7, 11) is 1.63. The lowest BCUT2D eigenvalue weighted by molar-refractivity contribution is 0.102. The molecule has 1 amide bonds. The summed E-state index contributed by atoms with van der Waals surface area (Å²) in [4.78, 5) is 24.7. The first kappa shape index (κ1) is 14.4. The van der Waals surface area contributed by atoms with Gasteiger partial charge >= 0.3 is 0 Å². The number of amides is 1. The molecule has 1 heterocycles. The van der Waals surface area contributed by atoms with Gasteiger partial charge in [-0.15, -0.1) is 0 Å². The molecule has 0 atom stereocenters. The number of benzene rings is 2. The first-order chi connectivity index (χ1) is 10.6. The van der Waals surface area contributed by atoms with Gasteiger partial charge in [0, 0.05) is 24.0 Å². The Bertz CT molecular complexity index is 931. The first-order valence-corrected chi connectivity index (χ1v) is 7.10. The normalized spacial score (nSPS) is 10.6. The van der Waals surface area contributed by atoms with Crippen LogP contribution in [0, 0.1) is 0 Å². The van der Waals surface area contributed by atoms with Crippen LogP contribution in [-0.2, 0) is 7.05 Å². The van der Waals surface area contributed by atoms with Crippen LogP contribution in [-0.4, -0.2) is 10.5 Å². The van der Waals surface area contributed by atoms with Gasteiger partial charge in [0.15, 0.2) is 0 Å². The fourth-order valence-electron chi connectivity index (χ4n) is 2.35. The number of anilines is 1. The van der Waals surface area contributed by atoms with Crippen molar-refractivity contribution in [1.29, 1.82) is 0 Å². The van der Waals surface area contributed by atoms with Gasteiger partial charge in [-0.2, -0.15) is 0 Å². The van der Waals surface area contributed by atoms with Gasteiger partial charge < -0.3 is 9.88 Å². The molecule has 0 aliphatic heterocycles. The number of para-hydroxylation sites is 1. The van der Waals surface area contributed by atoms with Crippen molar-refractivity contribution in [2.24, 2.45) is 7.05 Å². The Morgan fingerprint density at radius 3 is 2.41 bits per heavy atom. The summed E-state index contributed by atoms with van der Waals surface area (Å²) in [5, 5.41) is 4.37. The molecule has 0 bridgehead atoms. The molecule has 0 radical (unpaired) electrons. The molecule has 0 unspecified atom stereocenters. The highest BCUT2D eigenvalue weighted by molar-refractivity contribution is 6.34. The third-order valence-electron chi connectivity index (χ3n) is 3.46. The summed E-state index contributed by atoms with van der Waals surface area (Å²) in [6.45, 7) is 0. The van der Waals surface area contributed by atoms with Crippen LogP contribution in [0.3, 0.4) is 0 Å². The zero-order valence-corrected chi connectivity index (χ0v) is 12.6. The van der Waals surface area contributed by atoms with Crippen molar-refractivity contribution in [3.05, 3.63) is 75.7 Å². The number of nitrogens with one attached hydrogen (secondary N) is 1. The molecule has 2 aromatic carbocycles. The zero-order valence-electron chi connectivity index (χ0n) is 11.8. The number of carbonyl (C=O) groups excluding carboxylic acids is 1. The van der Waals surface area contributed by atoms with Crippen molar-refractivity contribution >= 4 is 34.0 Å². The molecule has 22 heavy (non-hydrogen) atoms. The number of nitrogens with zero attached hydrogens (tertiary/aromatic N) is 1. The topological polar surface area (TPSA) is 51.1 Å². The molecule has 3 aromatic rings. The molecule has 0 saturated carbocycles. The number of aryl methyl sites for hydroxylation is 1. The number of carbonyl (C=O) groups is 1. The summed E-state index contributed by atoms with van der Waals surface area (Å²) >= 11 is 6.06. The number of fused-ring (bicyclic) bond motifs is 1. The molecule has 5 heteroatoms. The molecule has 0 saturated heterocycles. The molecule has 1 N–H and O–H groups in total. The summed E-state index contributed by atoms with van der Waals surface area (Å²) in [5.74, 6) is -0.306. The second-order valence-electron chi connectivity index (χ2n) is 4.94. The van der Waals surface area contributed by atoms with E-state index in [9.17, 15) is 9.59 Å². The highest BCUT2D eigenvalue weighted by atomic mass is 35.5. The van der Waals surface area contributed by atoms with E-state index in [0.29, 0.717) is 27.0 Å². The predicted octanol–water partition coefficient (Wildman–Crippen LogP) is 3.44. The van der Waals surface area contributed by atoms with Crippen LogP contribution >= 0.6 is 11.6 Å². The third kappa shape index (κ3) is 2.49. The van der Waals surface area contributed by atoms with Gasteiger partial charge in [0.25, 0.3) is 11.5 Å². The van der Waals surface area contributed by atoms with Crippen molar-refractivity contribution in [3.63, 3.8) is 0 Å². The zero-order chi connectivity index (χ0) is 15.7. The lowest BCUT2D eigenvalue weighted by Gasteiger charge is -2.11. The van der Waals surface area contributed by atoms with E-state index < -0.39 is 0 Å². The largest absolute Gasteiger partial charge is 0.321 e. The molecule has 0 spiro atoms. The maximum atomic E-state index is 12.6. The minimum absolute atomic E-state index is 0.134.